The summed E-state index contributed by atoms with van der Waals surface area (Å²) in [6.45, 7) is 5.71. The summed E-state index contributed by atoms with van der Waals surface area (Å²) in [7, 11) is 1.71. The molecule has 2 aromatic rings. The Kier molecular flexibility index (Phi) is 5.64. The lowest BCUT2D eigenvalue weighted by molar-refractivity contribution is 0.181. The van der Waals surface area contributed by atoms with E-state index in [0.717, 1.165) is 23.7 Å². The van der Waals surface area contributed by atoms with Crippen molar-refractivity contribution >= 4 is 11.3 Å². The van der Waals surface area contributed by atoms with Gasteiger partial charge < -0.3 is 10.1 Å². The molecule has 0 bridgehead atoms. The van der Waals surface area contributed by atoms with Crippen molar-refractivity contribution in [2.45, 2.75) is 39.5 Å². The van der Waals surface area contributed by atoms with Gasteiger partial charge in [-0.1, -0.05) is 19.9 Å². The molecule has 2 aromatic heterocycles. The molecule has 0 aromatic carbocycles. The lowest BCUT2D eigenvalue weighted by atomic mass is 10.2. The van der Waals surface area contributed by atoms with E-state index in [1.54, 1.807) is 24.6 Å². The van der Waals surface area contributed by atoms with Crippen LogP contribution < -0.4 is 5.32 Å². The fourth-order valence-corrected chi connectivity index (χ4v) is 2.93. The zero-order chi connectivity index (χ0) is 14.4. The first-order valence-electron chi connectivity index (χ1n) is 6.77. The molecule has 2 rings (SSSR count). The van der Waals surface area contributed by atoms with Gasteiger partial charge >= 0.3 is 0 Å². The average molecular weight is 291 g/mol. The Balaban J connectivity index is 2.11. The van der Waals surface area contributed by atoms with Crippen LogP contribution in [-0.4, -0.2) is 23.1 Å². The van der Waals surface area contributed by atoms with E-state index >= 15 is 0 Å². The van der Waals surface area contributed by atoms with Gasteiger partial charge in [0.2, 0.25) is 0 Å². The molecule has 0 unspecified atom stereocenters. The number of pyridine rings is 1. The molecule has 0 saturated carbocycles. The van der Waals surface area contributed by atoms with Crippen LogP contribution >= 0.6 is 11.3 Å². The molecule has 0 atom stereocenters. The van der Waals surface area contributed by atoms with Gasteiger partial charge in [0.15, 0.2) is 0 Å². The van der Waals surface area contributed by atoms with Crippen LogP contribution in [0.5, 0.6) is 0 Å². The molecule has 0 aliphatic rings. The van der Waals surface area contributed by atoms with E-state index in [0.29, 0.717) is 12.6 Å². The van der Waals surface area contributed by atoms with Gasteiger partial charge in [-0.3, -0.25) is 4.98 Å². The number of nitrogens with one attached hydrogen (secondary N) is 1. The SMILES string of the molecule is COCc1nc(Cc2cccnc2)sc1CNC(C)C. The maximum Gasteiger partial charge on any atom is 0.0977 e. The lowest BCUT2D eigenvalue weighted by Crippen LogP contribution is -2.21. The highest BCUT2D eigenvalue weighted by Crippen LogP contribution is 2.22. The Morgan fingerprint density at radius 2 is 2.25 bits per heavy atom. The summed E-state index contributed by atoms with van der Waals surface area (Å²) in [6, 6.07) is 4.51. The number of rotatable bonds is 7. The maximum atomic E-state index is 5.24. The number of hydrogen-bond donors (Lipinski definition) is 1. The third-order valence-electron chi connectivity index (χ3n) is 2.85. The standard InChI is InChI=1S/C15H21N3OS/c1-11(2)17-9-14-13(10-19-3)18-15(20-14)7-12-5-4-6-16-8-12/h4-6,8,11,17H,7,9-10H2,1-3H3. The second kappa shape index (κ2) is 7.47. The van der Waals surface area contributed by atoms with Crippen molar-refractivity contribution in [3.8, 4) is 0 Å². The molecule has 0 saturated heterocycles. The van der Waals surface area contributed by atoms with E-state index in [1.165, 1.54) is 10.4 Å². The molecule has 0 radical (unpaired) electrons. The normalized spacial score (nSPS) is 11.2. The topological polar surface area (TPSA) is 47.0 Å². The molecule has 20 heavy (non-hydrogen) atoms. The van der Waals surface area contributed by atoms with Crippen LogP contribution in [0.25, 0.3) is 0 Å². The van der Waals surface area contributed by atoms with Crippen LogP contribution in [0.15, 0.2) is 24.5 Å². The first-order chi connectivity index (χ1) is 9.69. The highest BCUT2D eigenvalue weighted by molar-refractivity contribution is 7.11. The van der Waals surface area contributed by atoms with Crippen LogP contribution in [0.3, 0.4) is 0 Å². The maximum absolute atomic E-state index is 5.24. The highest BCUT2D eigenvalue weighted by Gasteiger charge is 2.11. The molecule has 0 spiro atoms. The van der Waals surface area contributed by atoms with Gasteiger partial charge in [-0.25, -0.2) is 4.98 Å². The van der Waals surface area contributed by atoms with E-state index < -0.39 is 0 Å². The van der Waals surface area contributed by atoms with Crippen molar-refractivity contribution in [2.24, 2.45) is 0 Å². The third kappa shape index (κ3) is 4.37. The minimum atomic E-state index is 0.467. The Hall–Kier alpha value is -1.30. The van der Waals surface area contributed by atoms with Gasteiger partial charge in [0.25, 0.3) is 0 Å². The first kappa shape index (κ1) is 15.1. The molecule has 2 heterocycles. The molecule has 0 fully saturated rings. The summed E-state index contributed by atoms with van der Waals surface area (Å²) in [5, 5.41) is 4.56. The number of methoxy groups -OCH3 is 1. The van der Waals surface area contributed by atoms with Crippen molar-refractivity contribution in [3.63, 3.8) is 0 Å². The zero-order valence-corrected chi connectivity index (χ0v) is 13.0. The Bertz CT molecular complexity index is 525. The predicted octanol–water partition coefficient (Wildman–Crippen LogP) is 2.77. The second-order valence-electron chi connectivity index (χ2n) is 4.98. The summed E-state index contributed by atoms with van der Waals surface area (Å²) in [6.07, 6.45) is 4.51. The van der Waals surface area contributed by atoms with Crippen LogP contribution in [0.4, 0.5) is 0 Å². The monoisotopic (exact) mass is 291 g/mol. The molecule has 5 heteroatoms. The minimum absolute atomic E-state index is 0.467. The van der Waals surface area contributed by atoms with E-state index in [1.807, 2.05) is 12.3 Å². The van der Waals surface area contributed by atoms with E-state index in [2.05, 4.69) is 30.2 Å². The van der Waals surface area contributed by atoms with E-state index in [-0.39, 0.29) is 0 Å². The quantitative estimate of drug-likeness (QED) is 0.852. The zero-order valence-electron chi connectivity index (χ0n) is 12.2. The Morgan fingerprint density at radius 3 is 2.90 bits per heavy atom. The van der Waals surface area contributed by atoms with Crippen molar-refractivity contribution in [1.82, 2.24) is 15.3 Å². The van der Waals surface area contributed by atoms with Crippen molar-refractivity contribution in [2.75, 3.05) is 7.11 Å². The van der Waals surface area contributed by atoms with Gasteiger partial charge in [0, 0.05) is 43.4 Å². The van der Waals surface area contributed by atoms with Gasteiger partial charge in [0.1, 0.15) is 0 Å². The molecule has 1 N–H and O–H groups in total. The third-order valence-corrected chi connectivity index (χ3v) is 3.95. The van der Waals surface area contributed by atoms with Gasteiger partial charge in [-0.05, 0) is 11.6 Å². The summed E-state index contributed by atoms with van der Waals surface area (Å²) >= 11 is 1.75. The molecule has 4 nitrogen and oxygen atoms in total. The average Bonchev–Trinajstić information content (AvgIpc) is 2.80. The predicted molar refractivity (Wildman–Crippen MR) is 81.8 cm³/mol. The Morgan fingerprint density at radius 1 is 1.40 bits per heavy atom. The summed E-state index contributed by atoms with van der Waals surface area (Å²) < 4.78 is 5.24. The van der Waals surface area contributed by atoms with Crippen LogP contribution in [0, 0.1) is 0 Å². The Labute approximate surface area is 124 Å². The molecule has 0 aliphatic carbocycles. The molecule has 0 aliphatic heterocycles. The molecule has 0 amide bonds. The van der Waals surface area contributed by atoms with Crippen molar-refractivity contribution in [3.05, 3.63) is 45.7 Å². The van der Waals surface area contributed by atoms with Crippen LogP contribution in [0.2, 0.25) is 0 Å². The molecule has 108 valence electrons. The number of ether oxygens (including phenoxy) is 1. The van der Waals surface area contributed by atoms with Gasteiger partial charge in [-0.2, -0.15) is 0 Å². The summed E-state index contributed by atoms with van der Waals surface area (Å²) in [5.74, 6) is 0. The van der Waals surface area contributed by atoms with Gasteiger partial charge in [-0.15, -0.1) is 11.3 Å². The number of nitrogens with zero attached hydrogens (tertiary/aromatic N) is 2. The number of thiazole rings is 1. The van der Waals surface area contributed by atoms with Crippen LogP contribution in [-0.2, 0) is 24.3 Å². The fraction of sp³-hybridized carbons (Fsp3) is 0.467. The second-order valence-corrected chi connectivity index (χ2v) is 6.15. The van der Waals surface area contributed by atoms with E-state index in [9.17, 15) is 0 Å². The highest BCUT2D eigenvalue weighted by atomic mass is 32.1. The van der Waals surface area contributed by atoms with Gasteiger partial charge in [0.05, 0.1) is 17.3 Å². The van der Waals surface area contributed by atoms with E-state index in [4.69, 9.17) is 9.72 Å². The fourth-order valence-electron chi connectivity index (χ4n) is 1.87. The number of hydrogen-bond acceptors (Lipinski definition) is 5. The van der Waals surface area contributed by atoms with Crippen molar-refractivity contribution < 1.29 is 4.74 Å². The molecular weight excluding hydrogens is 270 g/mol. The largest absolute Gasteiger partial charge is 0.378 e. The summed E-state index contributed by atoms with van der Waals surface area (Å²) in [4.78, 5) is 10.1. The molecular formula is C15H21N3OS. The minimum Gasteiger partial charge on any atom is -0.378 e. The smallest absolute Gasteiger partial charge is 0.0977 e. The lowest BCUT2D eigenvalue weighted by Gasteiger charge is -2.07. The first-order valence-corrected chi connectivity index (χ1v) is 7.59. The number of aromatic nitrogens is 2. The van der Waals surface area contributed by atoms with Crippen molar-refractivity contribution in [1.29, 1.82) is 0 Å². The van der Waals surface area contributed by atoms with Crippen LogP contribution in [0.1, 0.15) is 35.0 Å². The summed E-state index contributed by atoms with van der Waals surface area (Å²) in [5.41, 5.74) is 2.23.